The smallest absolute Gasteiger partial charge is 0.267 e. The van der Waals surface area contributed by atoms with Crippen molar-refractivity contribution in [1.29, 1.82) is 0 Å². The summed E-state index contributed by atoms with van der Waals surface area (Å²) in [4.78, 5) is 27.0. The van der Waals surface area contributed by atoms with Crippen molar-refractivity contribution >= 4 is 11.7 Å². The Morgan fingerprint density at radius 1 is 1.35 bits per heavy atom. The Morgan fingerprint density at radius 2 is 2.16 bits per heavy atom. The molecule has 7 nitrogen and oxygen atoms in total. The van der Waals surface area contributed by atoms with Crippen molar-refractivity contribution in [2.45, 2.75) is 50.0 Å². The summed E-state index contributed by atoms with van der Waals surface area (Å²) in [5.74, 6) is -3.07. The van der Waals surface area contributed by atoms with Crippen molar-refractivity contribution in [2.24, 2.45) is 11.7 Å². The molecular formula is C24H26N2O5. The maximum Gasteiger partial charge on any atom is 0.267 e. The number of fused-ring (bicyclic) bond motifs is 5. The largest absolute Gasteiger partial charge is 0.455 e. The average Bonchev–Trinajstić information content (AvgIpc) is 3.33. The number of benzene rings is 1. The lowest BCUT2D eigenvalue weighted by molar-refractivity contribution is -0.162. The van der Waals surface area contributed by atoms with Gasteiger partial charge in [0.25, 0.3) is 5.79 Å². The van der Waals surface area contributed by atoms with Gasteiger partial charge in [-0.2, -0.15) is 0 Å². The van der Waals surface area contributed by atoms with Crippen molar-refractivity contribution < 1.29 is 24.2 Å². The lowest BCUT2D eigenvalue weighted by Gasteiger charge is -2.35. The number of rotatable bonds is 3. The van der Waals surface area contributed by atoms with Crippen molar-refractivity contribution in [3.8, 4) is 5.75 Å². The first-order valence-electron chi connectivity index (χ1n) is 10.7. The van der Waals surface area contributed by atoms with Crippen LogP contribution in [0.5, 0.6) is 5.75 Å². The highest BCUT2D eigenvalue weighted by molar-refractivity contribution is 6.05. The zero-order chi connectivity index (χ0) is 22.0. The number of nitrogens with one attached hydrogen (secondary N) is 1. The molecular weight excluding hydrogens is 396 g/mol. The predicted molar refractivity (Wildman–Crippen MR) is 113 cm³/mol. The fraction of sp³-hybridized carbons (Fsp3) is 0.417. The molecule has 4 atom stereocenters. The molecule has 162 valence electrons. The van der Waals surface area contributed by atoms with Crippen LogP contribution in [-0.4, -0.2) is 35.3 Å². The van der Waals surface area contributed by atoms with E-state index in [1.54, 1.807) is 30.4 Å². The van der Waals surface area contributed by atoms with E-state index in [1.807, 2.05) is 12.1 Å². The number of hydrogen-bond acceptors (Lipinski definition) is 6. The molecule has 1 aromatic carbocycles. The number of nitrogens with two attached hydrogens (primary N) is 1. The first kappa shape index (κ1) is 20.0. The summed E-state index contributed by atoms with van der Waals surface area (Å²) >= 11 is 0. The Labute approximate surface area is 180 Å². The number of ether oxygens (including phenoxy) is 2. The number of allylic oxidation sites excluding steroid dienone is 4. The van der Waals surface area contributed by atoms with E-state index < -0.39 is 29.3 Å². The van der Waals surface area contributed by atoms with Crippen LogP contribution in [0.3, 0.4) is 0 Å². The molecule has 4 unspecified atom stereocenters. The second-order valence-electron chi connectivity index (χ2n) is 8.89. The van der Waals surface area contributed by atoms with Gasteiger partial charge in [0, 0.05) is 23.4 Å². The van der Waals surface area contributed by atoms with Crippen molar-refractivity contribution in [3.05, 3.63) is 64.9 Å². The van der Waals surface area contributed by atoms with Crippen LogP contribution in [0.1, 0.15) is 43.7 Å². The van der Waals surface area contributed by atoms with Crippen LogP contribution in [0.2, 0.25) is 0 Å². The molecule has 7 heteroatoms. The monoisotopic (exact) mass is 422 g/mol. The molecule has 1 saturated heterocycles. The molecule has 2 heterocycles. The van der Waals surface area contributed by atoms with Gasteiger partial charge in [0.1, 0.15) is 11.9 Å². The molecule has 2 fully saturated rings. The molecule has 1 amide bonds. The highest BCUT2D eigenvalue weighted by Gasteiger charge is 2.74. The maximum absolute atomic E-state index is 13.9. The number of carbonyl (C=O) groups is 2. The number of Topliss-reactive ketones (excluding diaryl/α,β-unsaturated/α-hetero) is 1. The molecule has 1 aromatic rings. The summed E-state index contributed by atoms with van der Waals surface area (Å²) < 4.78 is 11.6. The molecule has 0 aromatic heterocycles. The SMILES string of the molecule is CC(C)c1ccc2c(c1)OC1(O)C3=CC=CC(N)=CC3C(=O)C21NC(=O)C1CCCO1. The average molecular weight is 422 g/mol. The van der Waals surface area contributed by atoms with E-state index in [0.29, 0.717) is 35.6 Å². The number of ketones is 1. The van der Waals surface area contributed by atoms with Gasteiger partial charge in [0.15, 0.2) is 11.3 Å². The highest BCUT2D eigenvalue weighted by atomic mass is 16.6. The van der Waals surface area contributed by atoms with Gasteiger partial charge in [-0.15, -0.1) is 0 Å². The van der Waals surface area contributed by atoms with Gasteiger partial charge in [-0.25, -0.2) is 0 Å². The van der Waals surface area contributed by atoms with Crippen LogP contribution in [0, 0.1) is 5.92 Å². The van der Waals surface area contributed by atoms with Gasteiger partial charge >= 0.3 is 0 Å². The number of amides is 1. The molecule has 2 aliphatic carbocycles. The second-order valence-corrected chi connectivity index (χ2v) is 8.89. The maximum atomic E-state index is 13.9. The van der Waals surface area contributed by atoms with E-state index in [4.69, 9.17) is 15.2 Å². The minimum atomic E-state index is -2.06. The topological polar surface area (TPSA) is 111 Å². The predicted octanol–water partition coefficient (Wildman–Crippen LogP) is 1.92. The first-order valence-corrected chi connectivity index (χ1v) is 10.7. The summed E-state index contributed by atoms with van der Waals surface area (Å²) in [6.45, 7) is 4.59. The normalized spacial score (nSPS) is 33.2. The number of hydrogen-bond donors (Lipinski definition) is 3. The van der Waals surface area contributed by atoms with Crippen molar-refractivity contribution in [2.75, 3.05) is 6.61 Å². The van der Waals surface area contributed by atoms with Gasteiger partial charge in [-0.1, -0.05) is 38.1 Å². The van der Waals surface area contributed by atoms with E-state index in [-0.39, 0.29) is 11.7 Å². The molecule has 1 saturated carbocycles. The van der Waals surface area contributed by atoms with Crippen LogP contribution in [0.25, 0.3) is 0 Å². The van der Waals surface area contributed by atoms with Gasteiger partial charge in [-0.3, -0.25) is 9.59 Å². The first-order chi connectivity index (χ1) is 14.8. The van der Waals surface area contributed by atoms with Gasteiger partial charge < -0.3 is 25.6 Å². The van der Waals surface area contributed by atoms with Gasteiger partial charge in [0.05, 0.1) is 5.92 Å². The molecule has 0 spiro atoms. The summed E-state index contributed by atoms with van der Waals surface area (Å²) in [7, 11) is 0. The Morgan fingerprint density at radius 3 is 2.87 bits per heavy atom. The third kappa shape index (κ3) is 2.66. The van der Waals surface area contributed by atoms with Crippen molar-refractivity contribution in [3.63, 3.8) is 0 Å². The van der Waals surface area contributed by atoms with Crippen LogP contribution in [0.15, 0.2) is 53.8 Å². The Balaban J connectivity index is 1.69. The minimum absolute atomic E-state index is 0.229. The van der Waals surface area contributed by atoms with Crippen LogP contribution < -0.4 is 15.8 Å². The third-order valence-electron chi connectivity index (χ3n) is 6.68. The number of carbonyl (C=O) groups excluding carboxylic acids is 2. The van der Waals surface area contributed by atoms with E-state index in [1.165, 1.54) is 0 Å². The van der Waals surface area contributed by atoms with Crippen molar-refractivity contribution in [1.82, 2.24) is 5.32 Å². The number of aliphatic hydroxyl groups is 1. The quantitative estimate of drug-likeness (QED) is 0.686. The van der Waals surface area contributed by atoms with Crippen LogP contribution in [-0.2, 0) is 19.9 Å². The lowest BCUT2D eigenvalue weighted by Crippen LogP contribution is -2.63. The van der Waals surface area contributed by atoms with Crippen LogP contribution in [0.4, 0.5) is 0 Å². The summed E-state index contributed by atoms with van der Waals surface area (Å²) in [5.41, 5.74) is 6.43. The zero-order valence-electron chi connectivity index (χ0n) is 17.6. The molecule has 5 rings (SSSR count). The molecule has 2 aliphatic heterocycles. The summed E-state index contributed by atoms with van der Waals surface area (Å²) in [5, 5.41) is 14.8. The van der Waals surface area contributed by atoms with Crippen LogP contribution >= 0.6 is 0 Å². The van der Waals surface area contributed by atoms with Gasteiger partial charge in [-0.05, 0) is 42.5 Å². The van der Waals surface area contributed by atoms with E-state index in [2.05, 4.69) is 19.2 Å². The molecule has 0 bridgehead atoms. The Kier molecular flexibility index (Phi) is 4.39. The fourth-order valence-corrected chi connectivity index (χ4v) is 5.03. The second kappa shape index (κ2) is 6.80. The fourth-order valence-electron chi connectivity index (χ4n) is 5.03. The molecule has 4 N–H and O–H groups in total. The standard InChI is InChI=1S/C24H26N2O5/c1-13(2)14-8-9-18-20(11-14)31-24(29)17-6-3-5-15(25)12-16(17)21(27)23(18,24)26-22(28)19-7-4-10-30-19/h3,5-6,8-9,11-13,16,19,29H,4,7,10,25H2,1-2H3,(H,26,28). The summed E-state index contributed by atoms with van der Waals surface area (Å²) in [6.07, 6.45) is 7.25. The van der Waals surface area contributed by atoms with Gasteiger partial charge in [0.2, 0.25) is 5.91 Å². The Bertz CT molecular complexity index is 1070. The Hall–Kier alpha value is -2.90. The summed E-state index contributed by atoms with van der Waals surface area (Å²) in [6, 6.07) is 5.50. The molecule has 4 aliphatic rings. The molecule has 31 heavy (non-hydrogen) atoms. The zero-order valence-corrected chi connectivity index (χ0v) is 17.6. The van der Waals surface area contributed by atoms with E-state index in [0.717, 1.165) is 12.0 Å². The molecule has 0 radical (unpaired) electrons. The third-order valence-corrected chi connectivity index (χ3v) is 6.68. The minimum Gasteiger partial charge on any atom is -0.455 e. The van der Waals surface area contributed by atoms with E-state index >= 15 is 0 Å². The lowest BCUT2D eigenvalue weighted by atomic mass is 9.82. The highest BCUT2D eigenvalue weighted by Crippen LogP contribution is 2.59. The van der Waals surface area contributed by atoms with E-state index in [9.17, 15) is 14.7 Å².